The van der Waals surface area contributed by atoms with Crippen LogP contribution < -0.4 is 14.8 Å². The number of carbonyl (C=O) groups is 1. The lowest BCUT2D eigenvalue weighted by atomic mass is 9.91. The molecule has 2 saturated heterocycles. The Kier molecular flexibility index (Phi) is 4.25. The van der Waals surface area contributed by atoms with Crippen LogP contribution in [0.5, 0.6) is 11.5 Å². The van der Waals surface area contributed by atoms with Crippen molar-refractivity contribution in [1.82, 2.24) is 10.2 Å². The maximum absolute atomic E-state index is 12.3. The molecule has 5 rings (SSSR count). The van der Waals surface area contributed by atoms with Gasteiger partial charge in [0.1, 0.15) is 6.10 Å². The van der Waals surface area contributed by atoms with E-state index >= 15 is 0 Å². The van der Waals surface area contributed by atoms with Crippen LogP contribution in [0.2, 0.25) is 0 Å². The summed E-state index contributed by atoms with van der Waals surface area (Å²) in [7, 11) is 0. The first-order valence-electron chi connectivity index (χ1n) is 9.78. The van der Waals surface area contributed by atoms with Crippen LogP contribution in [-0.2, 0) is 16.1 Å². The topological polar surface area (TPSA) is 60.0 Å². The third-order valence-corrected chi connectivity index (χ3v) is 6.03. The van der Waals surface area contributed by atoms with Crippen LogP contribution >= 0.6 is 0 Å². The maximum Gasteiger partial charge on any atom is 0.249 e. The van der Waals surface area contributed by atoms with Crippen molar-refractivity contribution in [3.63, 3.8) is 0 Å². The molecule has 6 nitrogen and oxygen atoms in total. The number of nitrogens with zero attached hydrogens (tertiary/aromatic N) is 1. The second-order valence-electron chi connectivity index (χ2n) is 8.06. The van der Waals surface area contributed by atoms with Gasteiger partial charge in [0.15, 0.2) is 11.5 Å². The number of amides is 1. The lowest BCUT2D eigenvalue weighted by Crippen LogP contribution is -2.42. The number of hydrogen-bond donors (Lipinski definition) is 1. The summed E-state index contributed by atoms with van der Waals surface area (Å²) in [4.78, 5) is 14.7. The fourth-order valence-electron chi connectivity index (χ4n) is 4.29. The molecule has 3 fully saturated rings. The van der Waals surface area contributed by atoms with Gasteiger partial charge in [-0.05, 0) is 61.8 Å². The molecule has 0 bridgehead atoms. The Hall–Kier alpha value is -1.79. The van der Waals surface area contributed by atoms with Crippen molar-refractivity contribution in [2.45, 2.75) is 44.4 Å². The molecule has 0 radical (unpaired) electrons. The van der Waals surface area contributed by atoms with E-state index in [1.54, 1.807) is 0 Å². The zero-order chi connectivity index (χ0) is 17.5. The van der Waals surface area contributed by atoms with E-state index in [0.29, 0.717) is 18.6 Å². The molecule has 26 heavy (non-hydrogen) atoms. The summed E-state index contributed by atoms with van der Waals surface area (Å²) in [6, 6.07) is 6.15. The van der Waals surface area contributed by atoms with Crippen molar-refractivity contribution in [3.8, 4) is 11.5 Å². The monoisotopic (exact) mass is 358 g/mol. The van der Waals surface area contributed by atoms with Gasteiger partial charge in [0.2, 0.25) is 12.7 Å². The van der Waals surface area contributed by atoms with Gasteiger partial charge >= 0.3 is 0 Å². The average molecular weight is 358 g/mol. The molecule has 0 unspecified atom stereocenters. The molecule has 1 saturated carbocycles. The molecule has 1 aromatic rings. The standard InChI is InChI=1S/C20H26N2O4/c23-20(21-9-13-1-2-13)18-8-15-5-6-22(11-19(15)26-18)10-14-3-4-16-17(7-14)25-12-24-16/h3-4,7,13,15,18-19H,1-2,5-6,8-12H2,(H,21,23)/t15-,18-,19-/m0/s1. The van der Waals surface area contributed by atoms with Gasteiger partial charge in [-0.25, -0.2) is 0 Å². The molecule has 6 heteroatoms. The molecule has 1 N–H and O–H groups in total. The Labute approximate surface area is 153 Å². The van der Waals surface area contributed by atoms with E-state index in [0.717, 1.165) is 50.5 Å². The van der Waals surface area contributed by atoms with Gasteiger partial charge in [-0.15, -0.1) is 0 Å². The Morgan fingerprint density at radius 1 is 1.19 bits per heavy atom. The first kappa shape index (κ1) is 16.4. The maximum atomic E-state index is 12.3. The second-order valence-corrected chi connectivity index (χ2v) is 8.06. The zero-order valence-electron chi connectivity index (χ0n) is 15.0. The van der Waals surface area contributed by atoms with E-state index < -0.39 is 0 Å². The molecule has 3 aliphatic heterocycles. The molecule has 140 valence electrons. The van der Waals surface area contributed by atoms with Crippen LogP contribution in [0.1, 0.15) is 31.2 Å². The molecule has 0 aromatic heterocycles. The quantitative estimate of drug-likeness (QED) is 0.871. The Morgan fingerprint density at radius 2 is 2.08 bits per heavy atom. The summed E-state index contributed by atoms with van der Waals surface area (Å²) in [6.45, 7) is 3.96. The van der Waals surface area contributed by atoms with E-state index in [4.69, 9.17) is 14.2 Å². The Balaban J connectivity index is 1.15. The molecule has 3 atom stereocenters. The van der Waals surface area contributed by atoms with Crippen molar-refractivity contribution in [1.29, 1.82) is 0 Å². The molecular weight excluding hydrogens is 332 g/mol. The molecule has 4 aliphatic rings. The number of nitrogens with one attached hydrogen (secondary N) is 1. The first-order valence-corrected chi connectivity index (χ1v) is 9.78. The van der Waals surface area contributed by atoms with E-state index in [2.05, 4.69) is 22.3 Å². The third-order valence-electron chi connectivity index (χ3n) is 6.03. The van der Waals surface area contributed by atoms with Gasteiger partial charge in [0, 0.05) is 19.6 Å². The van der Waals surface area contributed by atoms with Gasteiger partial charge in [0.25, 0.3) is 0 Å². The lowest BCUT2D eigenvalue weighted by Gasteiger charge is -2.34. The highest BCUT2D eigenvalue weighted by Gasteiger charge is 2.42. The number of hydrogen-bond acceptors (Lipinski definition) is 5. The number of piperidine rings is 1. The molecule has 1 aliphatic carbocycles. The summed E-state index contributed by atoms with van der Waals surface area (Å²) in [5.41, 5.74) is 1.23. The smallest absolute Gasteiger partial charge is 0.249 e. The van der Waals surface area contributed by atoms with E-state index in [9.17, 15) is 4.79 Å². The van der Waals surface area contributed by atoms with Gasteiger partial charge in [-0.2, -0.15) is 0 Å². The van der Waals surface area contributed by atoms with Crippen LogP contribution in [0.3, 0.4) is 0 Å². The molecule has 1 amide bonds. The third kappa shape index (κ3) is 3.40. The van der Waals surface area contributed by atoms with Crippen LogP contribution in [0.25, 0.3) is 0 Å². The van der Waals surface area contributed by atoms with E-state index in [1.165, 1.54) is 18.4 Å². The number of fused-ring (bicyclic) bond motifs is 2. The predicted octanol–water partition coefficient (Wildman–Crippen LogP) is 1.92. The Bertz CT molecular complexity index is 690. The highest BCUT2D eigenvalue weighted by atomic mass is 16.7. The van der Waals surface area contributed by atoms with Crippen molar-refractivity contribution >= 4 is 5.91 Å². The van der Waals surface area contributed by atoms with Crippen molar-refractivity contribution in [2.75, 3.05) is 26.4 Å². The van der Waals surface area contributed by atoms with Crippen molar-refractivity contribution in [2.24, 2.45) is 11.8 Å². The van der Waals surface area contributed by atoms with Gasteiger partial charge in [-0.3, -0.25) is 9.69 Å². The van der Waals surface area contributed by atoms with Gasteiger partial charge in [0.05, 0.1) is 6.10 Å². The van der Waals surface area contributed by atoms with Crippen molar-refractivity contribution in [3.05, 3.63) is 23.8 Å². The summed E-state index contributed by atoms with van der Waals surface area (Å²) >= 11 is 0. The minimum absolute atomic E-state index is 0.0913. The summed E-state index contributed by atoms with van der Waals surface area (Å²) in [5.74, 6) is 2.97. The van der Waals surface area contributed by atoms with Crippen LogP contribution in [0.4, 0.5) is 0 Å². The molecule has 1 aromatic carbocycles. The highest BCUT2D eigenvalue weighted by Crippen LogP contribution is 2.36. The summed E-state index contributed by atoms with van der Waals surface area (Å²) in [6.07, 6.45) is 4.40. The van der Waals surface area contributed by atoms with E-state index in [1.807, 2.05) is 6.07 Å². The zero-order valence-corrected chi connectivity index (χ0v) is 15.0. The normalized spacial score (nSPS) is 30.2. The fourth-order valence-corrected chi connectivity index (χ4v) is 4.29. The van der Waals surface area contributed by atoms with E-state index in [-0.39, 0.29) is 18.1 Å². The minimum atomic E-state index is -0.255. The van der Waals surface area contributed by atoms with Gasteiger partial charge < -0.3 is 19.5 Å². The van der Waals surface area contributed by atoms with Crippen LogP contribution in [-0.4, -0.2) is 49.4 Å². The second kappa shape index (κ2) is 6.74. The number of carbonyl (C=O) groups excluding carboxylic acids is 1. The summed E-state index contributed by atoms with van der Waals surface area (Å²) < 4.78 is 17.0. The minimum Gasteiger partial charge on any atom is -0.454 e. The number of ether oxygens (including phenoxy) is 3. The Morgan fingerprint density at radius 3 is 2.96 bits per heavy atom. The van der Waals surface area contributed by atoms with Crippen molar-refractivity contribution < 1.29 is 19.0 Å². The lowest BCUT2D eigenvalue weighted by molar-refractivity contribution is -0.132. The fraction of sp³-hybridized carbons (Fsp3) is 0.650. The number of benzene rings is 1. The van der Waals surface area contributed by atoms with Crippen LogP contribution in [0, 0.1) is 11.8 Å². The number of likely N-dealkylation sites (tertiary alicyclic amines) is 1. The van der Waals surface area contributed by atoms with Crippen LogP contribution in [0.15, 0.2) is 18.2 Å². The molecular formula is C20H26N2O4. The number of rotatable bonds is 5. The largest absolute Gasteiger partial charge is 0.454 e. The average Bonchev–Trinajstić information content (AvgIpc) is 3.19. The predicted molar refractivity (Wildman–Crippen MR) is 95.0 cm³/mol. The summed E-state index contributed by atoms with van der Waals surface area (Å²) in [5, 5.41) is 3.07. The first-order chi connectivity index (χ1) is 12.7. The molecule has 0 spiro atoms. The molecule has 3 heterocycles. The SMILES string of the molecule is O=C(NCC1CC1)[C@@H]1C[C@@H]2CCN(Cc3ccc4c(c3)OCO4)C[C@@H]2O1. The van der Waals surface area contributed by atoms with Gasteiger partial charge in [-0.1, -0.05) is 6.07 Å². The highest BCUT2D eigenvalue weighted by molar-refractivity contribution is 5.81.